The minimum Gasteiger partial charge on any atom is -0.356 e. The largest absolute Gasteiger partial charge is 0.356 e. The van der Waals surface area contributed by atoms with Crippen molar-refractivity contribution in [3.05, 3.63) is 12.4 Å². The summed E-state index contributed by atoms with van der Waals surface area (Å²) in [4.78, 5) is 5.36. The molecule has 0 saturated carbocycles. The van der Waals surface area contributed by atoms with Gasteiger partial charge in [0.25, 0.3) is 0 Å². The summed E-state index contributed by atoms with van der Waals surface area (Å²) in [7, 11) is 0. The van der Waals surface area contributed by atoms with Crippen molar-refractivity contribution in [3.8, 4) is 0 Å². The Morgan fingerprint density at radius 3 is 1.03 bits per heavy atom. The molecule has 0 bridgehead atoms. The van der Waals surface area contributed by atoms with Crippen molar-refractivity contribution in [3.63, 3.8) is 0 Å². The van der Waals surface area contributed by atoms with Crippen LogP contribution in [0.1, 0.15) is 175 Å². The fourth-order valence-corrected chi connectivity index (χ4v) is 5.48. The predicted molar refractivity (Wildman–Crippen MR) is 154 cm³/mol. The Morgan fingerprint density at radius 1 is 0.382 bits per heavy atom. The first-order valence-corrected chi connectivity index (χ1v) is 16.0. The molecule has 1 unspecified atom stereocenters. The van der Waals surface area contributed by atoms with E-state index in [2.05, 4.69) is 43.0 Å². The zero-order valence-electron chi connectivity index (χ0n) is 24.0. The second kappa shape index (κ2) is 24.1. The molecule has 1 aliphatic heterocycles. The molecule has 0 aromatic carbocycles. The van der Waals surface area contributed by atoms with Gasteiger partial charge in [-0.1, -0.05) is 149 Å². The first-order valence-electron chi connectivity index (χ1n) is 16.0. The number of hydrogen-bond donors (Lipinski definition) is 0. The molecule has 0 radical (unpaired) electrons. The number of nitrogens with zero attached hydrogens (tertiary/aromatic N) is 2. The number of hydrogen-bond acceptors (Lipinski definition) is 2. The van der Waals surface area contributed by atoms with Crippen LogP contribution >= 0.6 is 0 Å². The van der Waals surface area contributed by atoms with Crippen molar-refractivity contribution >= 4 is 0 Å². The van der Waals surface area contributed by atoms with E-state index in [1.165, 1.54) is 167 Å². The molecule has 0 fully saturated rings. The SMILES string of the molecule is CCCCCCCCCCCCCCCN1C=CN(CCCCCCCC)C1CCCCCC. The van der Waals surface area contributed by atoms with Gasteiger partial charge in [0.1, 0.15) is 6.17 Å². The van der Waals surface area contributed by atoms with Crippen molar-refractivity contribution in [2.45, 2.75) is 181 Å². The van der Waals surface area contributed by atoms with Gasteiger partial charge in [0.05, 0.1) is 0 Å². The lowest BCUT2D eigenvalue weighted by atomic mass is 10.0. The third kappa shape index (κ3) is 16.9. The minimum atomic E-state index is 0.643. The van der Waals surface area contributed by atoms with E-state index in [0.717, 1.165) is 0 Å². The highest BCUT2D eigenvalue weighted by atomic mass is 15.4. The zero-order chi connectivity index (χ0) is 24.5. The average Bonchev–Trinajstić information content (AvgIpc) is 3.23. The number of rotatable bonds is 26. The van der Waals surface area contributed by atoms with Gasteiger partial charge in [0.15, 0.2) is 0 Å². The van der Waals surface area contributed by atoms with E-state index in [0.29, 0.717) is 6.17 Å². The summed E-state index contributed by atoms with van der Waals surface area (Å²) in [6, 6.07) is 0. The smallest absolute Gasteiger partial charge is 0.101 e. The number of unbranched alkanes of at least 4 members (excludes halogenated alkanes) is 20. The minimum absolute atomic E-state index is 0.643. The molecular weight excluding hydrogens is 412 g/mol. The average molecular weight is 477 g/mol. The van der Waals surface area contributed by atoms with Gasteiger partial charge in [0.2, 0.25) is 0 Å². The van der Waals surface area contributed by atoms with E-state index >= 15 is 0 Å². The molecule has 1 aliphatic rings. The van der Waals surface area contributed by atoms with Gasteiger partial charge in [-0.15, -0.1) is 0 Å². The summed E-state index contributed by atoms with van der Waals surface area (Å²) < 4.78 is 0. The quantitative estimate of drug-likeness (QED) is 0.114. The Bertz CT molecular complexity index is 433. The predicted octanol–water partition coefficient (Wildman–Crippen LogP) is 10.8. The van der Waals surface area contributed by atoms with Crippen LogP contribution in [0.5, 0.6) is 0 Å². The van der Waals surface area contributed by atoms with Gasteiger partial charge in [-0.25, -0.2) is 0 Å². The van der Waals surface area contributed by atoms with Gasteiger partial charge in [0, 0.05) is 25.5 Å². The lowest BCUT2D eigenvalue weighted by molar-refractivity contribution is 0.135. The second-order valence-electron chi connectivity index (χ2n) is 11.1. The summed E-state index contributed by atoms with van der Waals surface area (Å²) in [5.41, 5.74) is 0. The van der Waals surface area contributed by atoms with E-state index in [1.807, 2.05) is 0 Å². The van der Waals surface area contributed by atoms with Gasteiger partial charge >= 0.3 is 0 Å². The van der Waals surface area contributed by atoms with Crippen molar-refractivity contribution in [1.82, 2.24) is 9.80 Å². The molecule has 202 valence electrons. The van der Waals surface area contributed by atoms with Crippen LogP contribution in [0.4, 0.5) is 0 Å². The maximum absolute atomic E-state index is 2.68. The van der Waals surface area contributed by atoms with Crippen LogP contribution in [-0.2, 0) is 0 Å². The summed E-state index contributed by atoms with van der Waals surface area (Å²) >= 11 is 0. The topological polar surface area (TPSA) is 6.48 Å². The molecule has 0 aliphatic carbocycles. The highest BCUT2D eigenvalue weighted by Gasteiger charge is 2.24. The molecule has 0 aromatic heterocycles. The Morgan fingerprint density at radius 2 is 0.676 bits per heavy atom. The van der Waals surface area contributed by atoms with E-state index in [9.17, 15) is 0 Å². The summed E-state index contributed by atoms with van der Waals surface area (Å²) in [6.45, 7) is 9.46. The molecule has 0 N–H and O–H groups in total. The van der Waals surface area contributed by atoms with Crippen LogP contribution < -0.4 is 0 Å². The lowest BCUT2D eigenvalue weighted by Crippen LogP contribution is -2.39. The fourth-order valence-electron chi connectivity index (χ4n) is 5.48. The van der Waals surface area contributed by atoms with Crippen LogP contribution in [0, 0.1) is 0 Å². The summed E-state index contributed by atoms with van der Waals surface area (Å²) in [5, 5.41) is 0. The third-order valence-corrected chi connectivity index (χ3v) is 7.82. The molecule has 2 heteroatoms. The normalized spacial score (nSPS) is 15.7. The van der Waals surface area contributed by atoms with Crippen molar-refractivity contribution in [1.29, 1.82) is 0 Å². The van der Waals surface area contributed by atoms with E-state index in [-0.39, 0.29) is 0 Å². The summed E-state index contributed by atoms with van der Waals surface area (Å²) in [5.74, 6) is 0. The Hall–Kier alpha value is -0.660. The van der Waals surface area contributed by atoms with E-state index in [1.54, 1.807) is 0 Å². The van der Waals surface area contributed by atoms with Gasteiger partial charge in [-0.2, -0.15) is 0 Å². The molecular formula is C32H64N2. The molecule has 0 saturated heterocycles. The van der Waals surface area contributed by atoms with Crippen LogP contribution in [0.25, 0.3) is 0 Å². The van der Waals surface area contributed by atoms with Gasteiger partial charge in [-0.3, -0.25) is 0 Å². The van der Waals surface area contributed by atoms with Crippen molar-refractivity contribution in [2.75, 3.05) is 13.1 Å². The monoisotopic (exact) mass is 477 g/mol. The molecule has 1 heterocycles. The van der Waals surface area contributed by atoms with Gasteiger partial charge in [-0.05, 0) is 25.7 Å². The molecule has 2 nitrogen and oxygen atoms in total. The highest BCUT2D eigenvalue weighted by Crippen LogP contribution is 2.23. The molecule has 0 amide bonds. The van der Waals surface area contributed by atoms with Gasteiger partial charge < -0.3 is 9.80 Å². The Balaban J connectivity index is 2.13. The third-order valence-electron chi connectivity index (χ3n) is 7.82. The molecule has 0 aromatic rings. The zero-order valence-corrected chi connectivity index (χ0v) is 24.0. The van der Waals surface area contributed by atoms with Crippen molar-refractivity contribution < 1.29 is 0 Å². The molecule has 0 spiro atoms. The van der Waals surface area contributed by atoms with Crippen molar-refractivity contribution in [2.24, 2.45) is 0 Å². The first kappa shape index (κ1) is 31.4. The van der Waals surface area contributed by atoms with E-state index in [4.69, 9.17) is 0 Å². The molecule has 1 atom stereocenters. The second-order valence-corrected chi connectivity index (χ2v) is 11.1. The van der Waals surface area contributed by atoms with Crippen LogP contribution in [0.3, 0.4) is 0 Å². The van der Waals surface area contributed by atoms with E-state index < -0.39 is 0 Å². The standard InChI is InChI=1S/C32H64N2/c1-4-7-10-13-15-16-17-18-19-20-21-23-26-29-34-31-30-33(28-25-22-14-11-8-5-2)32(34)27-24-12-9-6-3/h30-32H,4-29H2,1-3H3. The van der Waals surface area contributed by atoms with Crippen LogP contribution in [0.2, 0.25) is 0 Å². The molecule has 34 heavy (non-hydrogen) atoms. The molecule has 1 rings (SSSR count). The maximum Gasteiger partial charge on any atom is 0.101 e. The van der Waals surface area contributed by atoms with Crippen LogP contribution in [-0.4, -0.2) is 29.1 Å². The first-order chi connectivity index (χ1) is 16.8. The summed E-state index contributed by atoms with van der Waals surface area (Å²) in [6.07, 6.45) is 39.5. The lowest BCUT2D eigenvalue weighted by Gasteiger charge is -2.33. The Labute approximate surface area is 216 Å². The van der Waals surface area contributed by atoms with Crippen LogP contribution in [0.15, 0.2) is 12.4 Å². The highest BCUT2D eigenvalue weighted by molar-refractivity contribution is 4.97. The fraction of sp³-hybridized carbons (Fsp3) is 0.938. The Kier molecular flexibility index (Phi) is 22.2. The maximum atomic E-state index is 2.68.